The molecule has 0 fully saturated rings. The Hall–Kier alpha value is -1.12. The van der Waals surface area contributed by atoms with E-state index in [9.17, 15) is 21.6 Å². The predicted molar refractivity (Wildman–Crippen MR) is 73.8 cm³/mol. The van der Waals surface area contributed by atoms with Gasteiger partial charge in [-0.1, -0.05) is 27.5 Å². The number of benzene rings is 1. The lowest BCUT2D eigenvalue weighted by Gasteiger charge is -2.09. The van der Waals surface area contributed by atoms with Crippen molar-refractivity contribution in [2.75, 3.05) is 0 Å². The highest BCUT2D eigenvalue weighted by molar-refractivity contribution is 9.10. The highest BCUT2D eigenvalue weighted by Gasteiger charge is 2.33. The minimum absolute atomic E-state index is 0.111. The van der Waals surface area contributed by atoms with Gasteiger partial charge in [0.1, 0.15) is 0 Å². The minimum Gasteiger partial charge on any atom is -0.242 e. The third-order valence-electron chi connectivity index (χ3n) is 2.51. The van der Waals surface area contributed by atoms with Crippen LogP contribution < -0.4 is 0 Å². The monoisotopic (exact) mass is 399 g/mol. The Morgan fingerprint density at radius 3 is 2.19 bits per heavy atom. The van der Waals surface area contributed by atoms with Crippen molar-refractivity contribution in [2.45, 2.75) is 16.1 Å². The van der Waals surface area contributed by atoms with Gasteiger partial charge in [-0.15, -0.1) is 0 Å². The molecule has 21 heavy (non-hydrogen) atoms. The van der Waals surface area contributed by atoms with Crippen LogP contribution in [0.3, 0.4) is 0 Å². The molecule has 0 aliphatic heterocycles. The summed E-state index contributed by atoms with van der Waals surface area (Å²) < 4.78 is 62.8. The van der Waals surface area contributed by atoms with Crippen LogP contribution in [0.2, 0.25) is 5.02 Å². The molecule has 3 nitrogen and oxygen atoms in total. The highest BCUT2D eigenvalue weighted by atomic mass is 79.9. The Labute approximate surface area is 131 Å². The molecule has 1 aromatic heterocycles. The smallest absolute Gasteiger partial charge is 0.242 e. The van der Waals surface area contributed by atoms with Gasteiger partial charge in [0.2, 0.25) is 9.84 Å². The fourth-order valence-corrected chi connectivity index (χ4v) is 3.46. The predicted octanol–water partition coefficient (Wildman–Crippen LogP) is 4.35. The van der Waals surface area contributed by atoms with Crippen LogP contribution in [0.4, 0.5) is 13.2 Å². The minimum atomic E-state index is -4.64. The van der Waals surface area contributed by atoms with Crippen molar-refractivity contribution in [3.05, 3.63) is 51.6 Å². The lowest BCUT2D eigenvalue weighted by atomic mass is 10.3. The van der Waals surface area contributed by atoms with E-state index in [2.05, 4.69) is 20.9 Å². The van der Waals surface area contributed by atoms with E-state index < -0.39 is 31.6 Å². The summed E-state index contributed by atoms with van der Waals surface area (Å²) in [5.74, 6) is 0. The fourth-order valence-electron chi connectivity index (χ4n) is 1.50. The molecule has 1 heterocycles. The summed E-state index contributed by atoms with van der Waals surface area (Å²) in [5.41, 5.74) is -1.11. The number of pyridine rings is 1. The molecule has 0 N–H and O–H groups in total. The van der Waals surface area contributed by atoms with Crippen molar-refractivity contribution < 1.29 is 21.6 Å². The van der Waals surface area contributed by atoms with Crippen molar-refractivity contribution in [1.29, 1.82) is 0 Å². The molecule has 0 bridgehead atoms. The first-order chi connectivity index (χ1) is 9.62. The number of alkyl halides is 3. The lowest BCUT2D eigenvalue weighted by Crippen LogP contribution is -2.10. The van der Waals surface area contributed by atoms with E-state index in [0.717, 1.165) is 0 Å². The molecule has 9 heteroatoms. The Bertz CT molecular complexity index is 776. The molecule has 0 saturated heterocycles. The van der Waals surface area contributed by atoms with Gasteiger partial charge in [-0.05, 0) is 30.3 Å². The number of aromatic nitrogens is 1. The average molecular weight is 401 g/mol. The first-order valence-electron chi connectivity index (χ1n) is 5.36. The first kappa shape index (κ1) is 16.3. The van der Waals surface area contributed by atoms with E-state index in [-0.39, 0.29) is 4.90 Å². The van der Waals surface area contributed by atoms with E-state index >= 15 is 0 Å². The Morgan fingerprint density at radius 2 is 1.71 bits per heavy atom. The van der Waals surface area contributed by atoms with Crippen LogP contribution in [0.15, 0.2) is 50.9 Å². The molecule has 2 aromatic rings. The zero-order valence-electron chi connectivity index (χ0n) is 10.0. The number of hydrogen-bond acceptors (Lipinski definition) is 3. The number of halogens is 5. The van der Waals surface area contributed by atoms with Crippen molar-refractivity contribution in [3.8, 4) is 0 Å². The van der Waals surface area contributed by atoms with Crippen molar-refractivity contribution >= 4 is 37.4 Å². The van der Waals surface area contributed by atoms with Gasteiger partial charge >= 0.3 is 6.18 Å². The normalized spacial score (nSPS) is 12.4. The quantitative estimate of drug-likeness (QED) is 0.753. The van der Waals surface area contributed by atoms with Gasteiger partial charge in [0.25, 0.3) is 0 Å². The summed E-state index contributed by atoms with van der Waals surface area (Å²) in [4.78, 5) is 3.25. The van der Waals surface area contributed by atoms with E-state index in [4.69, 9.17) is 11.6 Å². The van der Waals surface area contributed by atoms with Crippen LogP contribution in [-0.2, 0) is 16.0 Å². The second kappa shape index (κ2) is 5.58. The maximum atomic E-state index is 12.5. The molecular formula is C12H6BrClF3NO2S. The third-order valence-corrected chi connectivity index (χ3v) is 5.17. The summed E-state index contributed by atoms with van der Waals surface area (Å²) in [6.07, 6.45) is -4.20. The SMILES string of the molecule is O=S(=O)(c1ccc(Br)cc1)c1ncc(C(F)(F)F)cc1Cl. The average Bonchev–Trinajstić information content (AvgIpc) is 2.37. The second-order valence-electron chi connectivity index (χ2n) is 3.97. The van der Waals surface area contributed by atoms with E-state index in [0.29, 0.717) is 16.7 Å². The van der Waals surface area contributed by atoms with E-state index in [1.165, 1.54) is 24.3 Å². The van der Waals surface area contributed by atoms with Crippen LogP contribution >= 0.6 is 27.5 Å². The maximum Gasteiger partial charge on any atom is 0.417 e. The topological polar surface area (TPSA) is 47.0 Å². The van der Waals surface area contributed by atoms with E-state index in [1.54, 1.807) is 0 Å². The first-order valence-corrected chi connectivity index (χ1v) is 8.01. The number of hydrogen-bond donors (Lipinski definition) is 0. The van der Waals surface area contributed by atoms with Crippen LogP contribution in [0.1, 0.15) is 5.56 Å². The fraction of sp³-hybridized carbons (Fsp3) is 0.0833. The largest absolute Gasteiger partial charge is 0.417 e. The molecule has 0 atom stereocenters. The molecule has 0 spiro atoms. The molecule has 112 valence electrons. The van der Waals surface area contributed by atoms with Gasteiger partial charge in [0.15, 0.2) is 5.03 Å². The molecule has 0 aliphatic carbocycles. The molecule has 0 unspecified atom stereocenters. The Kier molecular flexibility index (Phi) is 4.32. The molecular weight excluding hydrogens is 395 g/mol. The summed E-state index contributed by atoms with van der Waals surface area (Å²) in [6.45, 7) is 0. The molecule has 1 aromatic carbocycles. The van der Waals surface area contributed by atoms with Gasteiger partial charge in [-0.3, -0.25) is 0 Å². The molecule has 0 radical (unpaired) electrons. The Morgan fingerprint density at radius 1 is 1.14 bits per heavy atom. The summed E-state index contributed by atoms with van der Waals surface area (Å²) >= 11 is 8.80. The van der Waals surface area contributed by atoms with Gasteiger partial charge < -0.3 is 0 Å². The molecule has 0 saturated carbocycles. The standard InChI is InChI=1S/C12H6BrClF3NO2S/c13-8-1-3-9(4-2-8)21(19,20)11-10(14)5-7(6-18-11)12(15,16)17/h1-6H. The lowest BCUT2D eigenvalue weighted by molar-refractivity contribution is -0.137. The number of nitrogens with zero attached hydrogens (tertiary/aromatic N) is 1. The number of rotatable bonds is 2. The maximum absolute atomic E-state index is 12.5. The van der Waals surface area contributed by atoms with E-state index in [1.807, 2.05) is 0 Å². The van der Waals surface area contributed by atoms with Crippen LogP contribution in [0.5, 0.6) is 0 Å². The van der Waals surface area contributed by atoms with Crippen molar-refractivity contribution in [3.63, 3.8) is 0 Å². The highest BCUT2D eigenvalue weighted by Crippen LogP contribution is 2.33. The summed E-state index contributed by atoms with van der Waals surface area (Å²) in [7, 11) is -4.08. The second-order valence-corrected chi connectivity index (χ2v) is 7.15. The summed E-state index contributed by atoms with van der Waals surface area (Å²) in [5, 5.41) is -1.19. The summed E-state index contributed by atoms with van der Waals surface area (Å²) in [6, 6.07) is 6.13. The third kappa shape index (κ3) is 3.38. The van der Waals surface area contributed by atoms with Crippen LogP contribution in [-0.4, -0.2) is 13.4 Å². The zero-order valence-corrected chi connectivity index (χ0v) is 13.2. The van der Waals surface area contributed by atoms with Crippen LogP contribution in [0, 0.1) is 0 Å². The Balaban J connectivity index is 2.53. The van der Waals surface area contributed by atoms with Gasteiger partial charge in [-0.2, -0.15) is 13.2 Å². The van der Waals surface area contributed by atoms with Gasteiger partial charge in [0.05, 0.1) is 15.5 Å². The van der Waals surface area contributed by atoms with Gasteiger partial charge in [-0.25, -0.2) is 13.4 Å². The number of sulfone groups is 1. The molecule has 0 amide bonds. The van der Waals surface area contributed by atoms with Crippen molar-refractivity contribution in [2.24, 2.45) is 0 Å². The van der Waals surface area contributed by atoms with Gasteiger partial charge in [0, 0.05) is 10.7 Å². The van der Waals surface area contributed by atoms with Crippen molar-refractivity contribution in [1.82, 2.24) is 4.98 Å². The molecule has 2 rings (SSSR count). The van der Waals surface area contributed by atoms with Crippen LogP contribution in [0.25, 0.3) is 0 Å². The molecule has 0 aliphatic rings. The zero-order chi connectivity index (χ0) is 15.8.